The molecule has 2 N–H and O–H groups in total. The van der Waals surface area contributed by atoms with E-state index in [0.717, 1.165) is 19.3 Å². The van der Waals surface area contributed by atoms with E-state index >= 15 is 0 Å². The fraction of sp³-hybridized carbons (Fsp3) is 1.00. The van der Waals surface area contributed by atoms with E-state index in [-0.39, 0.29) is 18.2 Å². The van der Waals surface area contributed by atoms with Crippen LogP contribution in [-0.2, 0) is 10.8 Å². The zero-order valence-corrected chi connectivity index (χ0v) is 12.3. The third-order valence-corrected chi connectivity index (χ3v) is 4.30. The average molecular weight is 323 g/mol. The first-order chi connectivity index (χ1) is 9.06. The molecular formula is C12H22F5NOS. The van der Waals surface area contributed by atoms with E-state index in [4.69, 9.17) is 5.73 Å². The maximum Gasteiger partial charge on any atom is 0.453 e. The monoisotopic (exact) mass is 323 g/mol. The Hall–Kier alpha value is -0.240. The minimum atomic E-state index is -5.52. The van der Waals surface area contributed by atoms with Crippen molar-refractivity contribution in [3.8, 4) is 0 Å². The van der Waals surface area contributed by atoms with Gasteiger partial charge in [-0.3, -0.25) is 4.21 Å². The van der Waals surface area contributed by atoms with Crippen molar-refractivity contribution in [3.05, 3.63) is 0 Å². The number of rotatable bonds is 10. The molecule has 0 aromatic rings. The fourth-order valence-electron chi connectivity index (χ4n) is 1.61. The van der Waals surface area contributed by atoms with Crippen LogP contribution in [0.5, 0.6) is 0 Å². The molecule has 2 unspecified atom stereocenters. The van der Waals surface area contributed by atoms with Crippen molar-refractivity contribution in [3.63, 3.8) is 0 Å². The summed E-state index contributed by atoms with van der Waals surface area (Å²) in [7, 11) is -1.33. The van der Waals surface area contributed by atoms with Gasteiger partial charge < -0.3 is 5.73 Å². The van der Waals surface area contributed by atoms with Gasteiger partial charge in [-0.25, -0.2) is 0 Å². The van der Waals surface area contributed by atoms with E-state index in [0.29, 0.717) is 12.2 Å². The summed E-state index contributed by atoms with van der Waals surface area (Å²) in [4.78, 5) is 0. The molecule has 0 amide bonds. The van der Waals surface area contributed by atoms with Crippen molar-refractivity contribution in [2.45, 2.75) is 63.6 Å². The SMILES string of the molecule is CC(N)CCCCCS(=O)CCCC(F)(F)C(F)(F)F. The van der Waals surface area contributed by atoms with Gasteiger partial charge in [-0.05, 0) is 26.2 Å². The first kappa shape index (κ1) is 19.8. The van der Waals surface area contributed by atoms with Crippen LogP contribution in [0.15, 0.2) is 0 Å². The van der Waals surface area contributed by atoms with Crippen LogP contribution in [0.3, 0.4) is 0 Å². The molecule has 0 saturated heterocycles. The minimum absolute atomic E-state index is 0.112. The number of unbranched alkanes of at least 4 members (excludes halogenated alkanes) is 2. The largest absolute Gasteiger partial charge is 0.453 e. The Morgan fingerprint density at radius 1 is 1.00 bits per heavy atom. The highest BCUT2D eigenvalue weighted by molar-refractivity contribution is 7.84. The molecule has 0 aliphatic heterocycles. The van der Waals surface area contributed by atoms with Gasteiger partial charge in [0.1, 0.15) is 0 Å². The molecule has 0 rings (SSSR count). The van der Waals surface area contributed by atoms with Gasteiger partial charge >= 0.3 is 12.1 Å². The Morgan fingerprint density at radius 2 is 1.55 bits per heavy atom. The molecule has 0 aliphatic rings. The molecule has 122 valence electrons. The lowest BCUT2D eigenvalue weighted by Gasteiger charge is -2.19. The molecule has 0 saturated carbocycles. The lowest BCUT2D eigenvalue weighted by atomic mass is 10.1. The lowest BCUT2D eigenvalue weighted by molar-refractivity contribution is -0.284. The third kappa shape index (κ3) is 8.84. The van der Waals surface area contributed by atoms with Crippen LogP contribution in [0.4, 0.5) is 22.0 Å². The highest BCUT2D eigenvalue weighted by Gasteiger charge is 2.56. The van der Waals surface area contributed by atoms with Crippen LogP contribution in [0.1, 0.15) is 45.4 Å². The van der Waals surface area contributed by atoms with Crippen LogP contribution in [0, 0.1) is 0 Å². The molecule has 0 radical (unpaired) electrons. The molecular weight excluding hydrogens is 301 g/mol. The van der Waals surface area contributed by atoms with E-state index in [1.165, 1.54) is 0 Å². The maximum atomic E-state index is 12.6. The summed E-state index contributed by atoms with van der Waals surface area (Å²) in [5, 5.41) is 0. The van der Waals surface area contributed by atoms with Crippen molar-refractivity contribution in [1.82, 2.24) is 0 Å². The van der Waals surface area contributed by atoms with Gasteiger partial charge in [-0.2, -0.15) is 22.0 Å². The number of hydrogen-bond donors (Lipinski definition) is 1. The summed E-state index contributed by atoms with van der Waals surface area (Å²) in [6, 6.07) is 0.116. The molecule has 0 aromatic heterocycles. The molecule has 8 heteroatoms. The van der Waals surface area contributed by atoms with Gasteiger partial charge in [-0.15, -0.1) is 0 Å². The van der Waals surface area contributed by atoms with Crippen LogP contribution < -0.4 is 5.73 Å². The maximum absolute atomic E-state index is 12.6. The van der Waals surface area contributed by atoms with Gasteiger partial charge in [0.2, 0.25) is 0 Å². The first-order valence-corrected chi connectivity index (χ1v) is 8.10. The molecule has 0 aromatic carbocycles. The summed E-state index contributed by atoms with van der Waals surface area (Å²) in [5.74, 6) is -4.45. The molecule has 0 bridgehead atoms. The quantitative estimate of drug-likeness (QED) is 0.493. The van der Waals surface area contributed by atoms with E-state index < -0.39 is 29.3 Å². The lowest BCUT2D eigenvalue weighted by Crippen LogP contribution is -2.36. The number of hydrogen-bond acceptors (Lipinski definition) is 2. The second kappa shape index (κ2) is 8.92. The van der Waals surface area contributed by atoms with Gasteiger partial charge in [0.25, 0.3) is 0 Å². The fourth-order valence-corrected chi connectivity index (χ4v) is 2.80. The molecule has 0 aliphatic carbocycles. The summed E-state index contributed by atoms with van der Waals surface area (Å²) in [6.45, 7) is 1.89. The smallest absolute Gasteiger partial charge is 0.328 e. The molecule has 2 nitrogen and oxygen atoms in total. The third-order valence-electron chi connectivity index (χ3n) is 2.81. The summed E-state index contributed by atoms with van der Waals surface area (Å²) in [5.41, 5.74) is 5.55. The normalized spacial score (nSPS) is 16.1. The summed E-state index contributed by atoms with van der Waals surface area (Å²) >= 11 is 0. The van der Waals surface area contributed by atoms with Gasteiger partial charge in [0, 0.05) is 34.8 Å². The van der Waals surface area contributed by atoms with Crippen molar-refractivity contribution in [2.24, 2.45) is 5.73 Å². The highest BCUT2D eigenvalue weighted by atomic mass is 32.2. The first-order valence-electron chi connectivity index (χ1n) is 6.61. The zero-order valence-electron chi connectivity index (χ0n) is 11.5. The van der Waals surface area contributed by atoms with E-state index in [1.807, 2.05) is 6.92 Å². The minimum Gasteiger partial charge on any atom is -0.328 e. The highest BCUT2D eigenvalue weighted by Crippen LogP contribution is 2.38. The van der Waals surface area contributed by atoms with Crippen LogP contribution in [-0.4, -0.2) is 33.9 Å². The molecule has 0 heterocycles. The number of nitrogens with two attached hydrogens (primary N) is 1. The predicted octanol–water partition coefficient (Wildman–Crippen LogP) is 3.62. The van der Waals surface area contributed by atoms with Crippen molar-refractivity contribution in [1.29, 1.82) is 0 Å². The number of alkyl halides is 5. The Bertz CT molecular complexity index is 294. The van der Waals surface area contributed by atoms with Crippen molar-refractivity contribution < 1.29 is 26.2 Å². The van der Waals surface area contributed by atoms with Gasteiger partial charge in [-0.1, -0.05) is 12.8 Å². The molecule has 0 spiro atoms. The van der Waals surface area contributed by atoms with Crippen LogP contribution in [0.25, 0.3) is 0 Å². The average Bonchev–Trinajstić information content (AvgIpc) is 2.26. The number of halogens is 5. The second-order valence-corrected chi connectivity index (χ2v) is 6.68. The van der Waals surface area contributed by atoms with Gasteiger partial charge in [0.05, 0.1) is 0 Å². The van der Waals surface area contributed by atoms with E-state index in [1.54, 1.807) is 0 Å². The summed E-state index contributed by atoms with van der Waals surface area (Å²) < 4.78 is 72.2. The predicted molar refractivity (Wildman–Crippen MR) is 70.2 cm³/mol. The van der Waals surface area contributed by atoms with Crippen molar-refractivity contribution >= 4 is 10.8 Å². The zero-order chi connectivity index (χ0) is 15.8. The van der Waals surface area contributed by atoms with Crippen LogP contribution in [0.2, 0.25) is 0 Å². The summed E-state index contributed by atoms with van der Waals surface area (Å²) in [6.07, 6.45) is -3.92. The van der Waals surface area contributed by atoms with E-state index in [2.05, 4.69) is 0 Å². The van der Waals surface area contributed by atoms with Gasteiger partial charge in [0.15, 0.2) is 0 Å². The molecule has 0 fully saturated rings. The van der Waals surface area contributed by atoms with Crippen LogP contribution >= 0.6 is 0 Å². The Balaban J connectivity index is 3.69. The Labute approximate surface area is 118 Å². The Kier molecular flexibility index (Phi) is 8.81. The Morgan fingerprint density at radius 3 is 2.05 bits per heavy atom. The standard InChI is InChI=1S/C12H22F5NOS/c1-10(18)6-3-2-4-8-20(19)9-5-7-11(13,14)12(15,16)17/h10H,2-9,18H2,1H3. The van der Waals surface area contributed by atoms with E-state index in [9.17, 15) is 26.2 Å². The second-order valence-electron chi connectivity index (χ2n) is 4.98. The van der Waals surface area contributed by atoms with Crippen molar-refractivity contribution in [2.75, 3.05) is 11.5 Å². The molecule has 20 heavy (non-hydrogen) atoms. The topological polar surface area (TPSA) is 43.1 Å². The molecule has 2 atom stereocenters.